The number of aromatic nitrogens is 2. The molecule has 1 heterocycles. The van der Waals surface area contributed by atoms with Crippen LogP contribution in [0.15, 0.2) is 59.4 Å². The van der Waals surface area contributed by atoms with Crippen molar-refractivity contribution >= 4 is 34.4 Å². The Labute approximate surface area is 148 Å². The molecule has 1 aromatic heterocycles. The molecule has 5 nitrogen and oxygen atoms in total. The first-order valence-corrected chi connectivity index (χ1v) is 7.82. The van der Waals surface area contributed by atoms with E-state index in [9.17, 15) is 14.9 Å². The van der Waals surface area contributed by atoms with Gasteiger partial charge in [-0.1, -0.05) is 48.0 Å². The average Bonchev–Trinajstić information content (AvgIpc) is 2.61. The van der Waals surface area contributed by atoms with Crippen LogP contribution in [0.2, 0.25) is 5.02 Å². The fourth-order valence-corrected chi connectivity index (χ4v) is 2.53. The van der Waals surface area contributed by atoms with Crippen LogP contribution < -0.4 is 5.56 Å². The van der Waals surface area contributed by atoms with Gasteiger partial charge in [-0.25, -0.2) is 4.98 Å². The van der Waals surface area contributed by atoms with E-state index < -0.39 is 17.3 Å². The van der Waals surface area contributed by atoms with Crippen LogP contribution in [0.3, 0.4) is 0 Å². The van der Waals surface area contributed by atoms with Gasteiger partial charge in [-0.2, -0.15) is 5.26 Å². The second-order valence-corrected chi connectivity index (χ2v) is 5.76. The number of carbonyl (C=O) groups excluding carboxylic acids is 1. The van der Waals surface area contributed by atoms with Crippen LogP contribution in [0.25, 0.3) is 17.0 Å². The first-order chi connectivity index (χ1) is 12.1. The molecule has 0 saturated carbocycles. The van der Waals surface area contributed by atoms with Crippen molar-refractivity contribution in [2.75, 3.05) is 0 Å². The average molecular weight is 350 g/mol. The molecule has 0 saturated heterocycles. The minimum Gasteiger partial charge on any atom is -0.308 e. The highest BCUT2D eigenvalue weighted by Gasteiger charge is 2.21. The van der Waals surface area contributed by atoms with E-state index >= 15 is 0 Å². The van der Waals surface area contributed by atoms with E-state index in [-0.39, 0.29) is 5.82 Å². The standard InChI is InChI=1S/C19H12ClN3O2/c20-13-7-8-14-16(10-13)22-18(23-19(14)25)15(11-21)17(24)9-6-12-4-2-1-3-5-12/h1-10,15H,(H,22,23,25)/b9-6+. The number of carbonyl (C=O) groups is 1. The van der Waals surface area contributed by atoms with E-state index in [0.717, 1.165) is 5.56 Å². The van der Waals surface area contributed by atoms with Crippen LogP contribution in [0.4, 0.5) is 0 Å². The summed E-state index contributed by atoms with van der Waals surface area (Å²) in [6.45, 7) is 0. The second kappa shape index (κ2) is 7.12. The van der Waals surface area contributed by atoms with Gasteiger partial charge < -0.3 is 4.98 Å². The zero-order chi connectivity index (χ0) is 17.8. The van der Waals surface area contributed by atoms with Gasteiger partial charge in [0.15, 0.2) is 11.7 Å². The van der Waals surface area contributed by atoms with E-state index in [1.54, 1.807) is 18.2 Å². The molecule has 122 valence electrons. The van der Waals surface area contributed by atoms with E-state index in [4.69, 9.17) is 11.6 Å². The summed E-state index contributed by atoms with van der Waals surface area (Å²) in [4.78, 5) is 31.3. The highest BCUT2D eigenvalue weighted by atomic mass is 35.5. The largest absolute Gasteiger partial charge is 0.308 e. The minimum atomic E-state index is -1.20. The Morgan fingerprint density at radius 1 is 1.24 bits per heavy atom. The summed E-state index contributed by atoms with van der Waals surface area (Å²) in [6, 6.07) is 15.8. The van der Waals surface area contributed by atoms with Crippen LogP contribution in [-0.4, -0.2) is 15.8 Å². The number of nitrogens with zero attached hydrogens (tertiary/aromatic N) is 2. The Morgan fingerprint density at radius 3 is 2.72 bits per heavy atom. The zero-order valence-corrected chi connectivity index (χ0v) is 13.7. The lowest BCUT2D eigenvalue weighted by Gasteiger charge is -2.06. The molecule has 0 fully saturated rings. The van der Waals surface area contributed by atoms with Crippen LogP contribution in [-0.2, 0) is 4.79 Å². The van der Waals surface area contributed by atoms with Crippen molar-refractivity contribution in [1.29, 1.82) is 5.26 Å². The van der Waals surface area contributed by atoms with Gasteiger partial charge in [0.05, 0.1) is 17.0 Å². The van der Waals surface area contributed by atoms with Gasteiger partial charge in [0.25, 0.3) is 5.56 Å². The lowest BCUT2D eigenvalue weighted by molar-refractivity contribution is -0.114. The van der Waals surface area contributed by atoms with Crippen LogP contribution in [0.1, 0.15) is 17.3 Å². The van der Waals surface area contributed by atoms with E-state index in [2.05, 4.69) is 9.97 Å². The molecule has 6 heteroatoms. The molecule has 0 bridgehead atoms. The monoisotopic (exact) mass is 349 g/mol. The van der Waals surface area contributed by atoms with E-state index in [0.29, 0.717) is 15.9 Å². The molecule has 0 aliphatic carbocycles. The van der Waals surface area contributed by atoms with E-state index in [1.165, 1.54) is 12.1 Å². The molecule has 2 aromatic carbocycles. The molecule has 25 heavy (non-hydrogen) atoms. The number of H-pyrrole nitrogens is 1. The number of hydrogen-bond acceptors (Lipinski definition) is 4. The quantitative estimate of drug-likeness (QED) is 0.731. The summed E-state index contributed by atoms with van der Waals surface area (Å²) in [6.07, 6.45) is 2.92. The number of benzene rings is 2. The van der Waals surface area contributed by atoms with Crippen molar-refractivity contribution in [2.24, 2.45) is 0 Å². The topological polar surface area (TPSA) is 86.6 Å². The molecule has 0 amide bonds. The lowest BCUT2D eigenvalue weighted by Crippen LogP contribution is -2.18. The maximum absolute atomic E-state index is 12.4. The van der Waals surface area contributed by atoms with Gasteiger partial charge in [-0.15, -0.1) is 0 Å². The molecular weight excluding hydrogens is 338 g/mol. The number of fused-ring (bicyclic) bond motifs is 1. The van der Waals surface area contributed by atoms with Gasteiger partial charge in [0.1, 0.15) is 5.82 Å². The number of hydrogen-bond donors (Lipinski definition) is 1. The van der Waals surface area contributed by atoms with Crippen molar-refractivity contribution < 1.29 is 4.79 Å². The summed E-state index contributed by atoms with van der Waals surface area (Å²) >= 11 is 5.92. The first kappa shape index (κ1) is 16.6. The Kier molecular flexibility index (Phi) is 4.73. The Morgan fingerprint density at radius 2 is 2.00 bits per heavy atom. The number of rotatable bonds is 4. The fourth-order valence-electron chi connectivity index (χ4n) is 2.37. The van der Waals surface area contributed by atoms with Gasteiger partial charge in [-0.05, 0) is 29.8 Å². The number of aromatic amines is 1. The predicted molar refractivity (Wildman–Crippen MR) is 96.2 cm³/mol. The molecule has 0 aliphatic heterocycles. The third-order valence-electron chi connectivity index (χ3n) is 3.61. The summed E-state index contributed by atoms with van der Waals surface area (Å²) in [5.74, 6) is -1.66. The Bertz CT molecular complexity index is 1070. The first-order valence-electron chi connectivity index (χ1n) is 7.44. The van der Waals surface area contributed by atoms with Crippen molar-refractivity contribution in [2.45, 2.75) is 5.92 Å². The molecule has 0 aliphatic rings. The summed E-state index contributed by atoms with van der Waals surface area (Å²) < 4.78 is 0. The third-order valence-corrected chi connectivity index (χ3v) is 3.85. The summed E-state index contributed by atoms with van der Waals surface area (Å²) in [5, 5.41) is 10.1. The summed E-state index contributed by atoms with van der Waals surface area (Å²) in [7, 11) is 0. The smallest absolute Gasteiger partial charge is 0.258 e. The molecule has 3 rings (SSSR count). The zero-order valence-electron chi connectivity index (χ0n) is 12.9. The minimum absolute atomic E-state index is 0.00461. The molecule has 0 spiro atoms. The Balaban J connectivity index is 1.97. The van der Waals surface area contributed by atoms with E-state index in [1.807, 2.05) is 36.4 Å². The molecule has 1 N–H and O–H groups in total. The van der Waals surface area contributed by atoms with Crippen LogP contribution >= 0.6 is 11.6 Å². The van der Waals surface area contributed by atoms with Gasteiger partial charge in [0, 0.05) is 5.02 Å². The number of halogens is 1. The maximum atomic E-state index is 12.4. The van der Waals surface area contributed by atoms with Gasteiger partial charge >= 0.3 is 0 Å². The summed E-state index contributed by atoms with van der Waals surface area (Å²) in [5.41, 5.74) is 0.752. The highest BCUT2D eigenvalue weighted by molar-refractivity contribution is 6.31. The second-order valence-electron chi connectivity index (χ2n) is 5.32. The molecule has 1 unspecified atom stereocenters. The molecule has 1 atom stereocenters. The molecular formula is C19H12ClN3O2. The van der Waals surface area contributed by atoms with Crippen LogP contribution in [0.5, 0.6) is 0 Å². The van der Waals surface area contributed by atoms with Crippen molar-refractivity contribution in [3.63, 3.8) is 0 Å². The third kappa shape index (κ3) is 3.65. The van der Waals surface area contributed by atoms with Crippen LogP contribution in [0, 0.1) is 11.3 Å². The number of nitriles is 1. The van der Waals surface area contributed by atoms with Gasteiger partial charge in [0.2, 0.25) is 0 Å². The predicted octanol–water partition coefficient (Wildman–Crippen LogP) is 3.47. The fraction of sp³-hybridized carbons (Fsp3) is 0.0526. The number of nitrogens with one attached hydrogen (secondary N) is 1. The lowest BCUT2D eigenvalue weighted by atomic mass is 10.0. The van der Waals surface area contributed by atoms with Crippen molar-refractivity contribution in [3.05, 3.63) is 81.4 Å². The maximum Gasteiger partial charge on any atom is 0.258 e. The Hall–Kier alpha value is -3.23. The molecule has 0 radical (unpaired) electrons. The number of allylic oxidation sites excluding steroid dienone is 1. The van der Waals surface area contributed by atoms with Gasteiger partial charge in [-0.3, -0.25) is 9.59 Å². The van der Waals surface area contributed by atoms with Crippen molar-refractivity contribution in [1.82, 2.24) is 9.97 Å². The number of ketones is 1. The normalized spacial score (nSPS) is 12.2. The SMILES string of the molecule is N#CC(C(=O)/C=C/c1ccccc1)c1nc2cc(Cl)ccc2c(=O)[nH]1. The highest BCUT2D eigenvalue weighted by Crippen LogP contribution is 2.18. The molecule has 3 aromatic rings. The van der Waals surface area contributed by atoms with Crippen molar-refractivity contribution in [3.8, 4) is 6.07 Å².